The Bertz CT molecular complexity index is 866. The monoisotopic (exact) mass is 362 g/mol. The molecule has 2 aromatic carbocycles. The molecule has 2 aliphatic rings. The van der Waals surface area contributed by atoms with Crippen LogP contribution in [0.1, 0.15) is 55.9 Å². The van der Waals surface area contributed by atoms with Crippen molar-refractivity contribution in [1.29, 1.82) is 0 Å². The summed E-state index contributed by atoms with van der Waals surface area (Å²) in [5.74, 6) is -0.0107. The van der Waals surface area contributed by atoms with Crippen LogP contribution in [0.5, 0.6) is 0 Å². The van der Waals surface area contributed by atoms with Crippen molar-refractivity contribution < 1.29 is 14.3 Å². The van der Waals surface area contributed by atoms with Crippen molar-refractivity contribution in [2.24, 2.45) is 16.7 Å². The third kappa shape index (κ3) is 2.63. The highest BCUT2D eigenvalue weighted by molar-refractivity contribution is 6.07. The molecule has 2 saturated carbocycles. The van der Waals surface area contributed by atoms with E-state index in [1.807, 2.05) is 61.5 Å². The van der Waals surface area contributed by atoms with Crippen molar-refractivity contribution in [3.8, 4) is 0 Å². The summed E-state index contributed by atoms with van der Waals surface area (Å²) in [5.41, 5.74) is 1.67. The average molecular weight is 362 g/mol. The Hall–Kier alpha value is -2.42. The largest absolute Gasteiger partial charge is 0.452 e. The maximum absolute atomic E-state index is 13.4. The van der Waals surface area contributed by atoms with Crippen molar-refractivity contribution in [3.05, 3.63) is 71.3 Å². The molecule has 27 heavy (non-hydrogen) atoms. The lowest BCUT2D eigenvalue weighted by molar-refractivity contribution is -0.168. The van der Waals surface area contributed by atoms with E-state index in [4.69, 9.17) is 4.74 Å². The summed E-state index contributed by atoms with van der Waals surface area (Å²) >= 11 is 0. The van der Waals surface area contributed by atoms with Gasteiger partial charge >= 0.3 is 5.97 Å². The summed E-state index contributed by atoms with van der Waals surface area (Å²) in [6.07, 6.45) is 1.53. The van der Waals surface area contributed by atoms with Gasteiger partial charge in [-0.05, 0) is 42.2 Å². The molecule has 0 heterocycles. The molecule has 0 spiro atoms. The lowest BCUT2D eigenvalue weighted by Crippen LogP contribution is -2.45. The van der Waals surface area contributed by atoms with Crippen LogP contribution in [0.25, 0.3) is 0 Å². The van der Waals surface area contributed by atoms with E-state index in [0.29, 0.717) is 12.8 Å². The number of esters is 1. The Morgan fingerprint density at radius 2 is 1.67 bits per heavy atom. The second kappa shape index (κ2) is 6.33. The van der Waals surface area contributed by atoms with Crippen molar-refractivity contribution in [2.45, 2.75) is 46.1 Å². The predicted octanol–water partition coefficient (Wildman–Crippen LogP) is 5.02. The van der Waals surface area contributed by atoms with E-state index < -0.39 is 11.5 Å². The molecule has 0 aromatic heterocycles. The first-order valence-corrected chi connectivity index (χ1v) is 9.72. The third-order valence-electron chi connectivity index (χ3n) is 6.95. The fourth-order valence-corrected chi connectivity index (χ4v) is 5.06. The normalized spacial score (nSPS) is 26.8. The number of hydrogen-bond acceptors (Lipinski definition) is 3. The maximum Gasteiger partial charge on any atom is 0.321 e. The lowest BCUT2D eigenvalue weighted by atomic mass is 9.69. The standard InChI is InChI=1S/C24H26O3/c1-16-9-11-18(12-10-16)21(17-7-5-4-6-8-17)27-22(26)24-14-13-19(15-20(24)25)23(24,2)3/h4-12,19,21H,13-15H2,1-3H3/t19?,21-,24-/m0/s1. The number of Topliss-reactive ketones (excluding diaryl/α,β-unsaturated/α-hetero) is 1. The van der Waals surface area contributed by atoms with E-state index in [-0.39, 0.29) is 23.1 Å². The molecule has 0 saturated heterocycles. The topological polar surface area (TPSA) is 43.4 Å². The number of rotatable bonds is 4. The highest BCUT2D eigenvalue weighted by Crippen LogP contribution is 2.64. The second-order valence-corrected chi connectivity index (χ2v) is 8.60. The minimum Gasteiger partial charge on any atom is -0.452 e. The Balaban J connectivity index is 1.71. The summed E-state index contributed by atoms with van der Waals surface area (Å²) < 4.78 is 6.11. The first kappa shape index (κ1) is 18.0. The molecule has 0 N–H and O–H groups in total. The summed E-state index contributed by atoms with van der Waals surface area (Å²) in [6, 6.07) is 17.8. The molecule has 2 aromatic rings. The maximum atomic E-state index is 13.4. The van der Waals surface area contributed by atoms with Crippen LogP contribution < -0.4 is 0 Å². The molecule has 2 bridgehead atoms. The highest BCUT2D eigenvalue weighted by atomic mass is 16.5. The quantitative estimate of drug-likeness (QED) is 0.566. The van der Waals surface area contributed by atoms with Crippen LogP contribution >= 0.6 is 0 Å². The Kier molecular flexibility index (Phi) is 4.21. The van der Waals surface area contributed by atoms with Crippen LogP contribution in [0, 0.1) is 23.7 Å². The van der Waals surface area contributed by atoms with Crippen LogP contribution in [0.3, 0.4) is 0 Å². The Morgan fingerprint density at radius 3 is 2.22 bits per heavy atom. The second-order valence-electron chi connectivity index (χ2n) is 8.60. The van der Waals surface area contributed by atoms with Crippen LogP contribution in [0.2, 0.25) is 0 Å². The molecule has 0 aliphatic heterocycles. The molecular formula is C24H26O3. The molecule has 3 nitrogen and oxygen atoms in total. The van der Waals surface area contributed by atoms with Gasteiger partial charge < -0.3 is 4.74 Å². The van der Waals surface area contributed by atoms with Gasteiger partial charge in [0.25, 0.3) is 0 Å². The van der Waals surface area contributed by atoms with Gasteiger partial charge in [-0.1, -0.05) is 74.0 Å². The number of ether oxygens (including phenoxy) is 1. The zero-order chi connectivity index (χ0) is 19.2. The van der Waals surface area contributed by atoms with Crippen LogP contribution in [-0.2, 0) is 14.3 Å². The molecular weight excluding hydrogens is 336 g/mol. The van der Waals surface area contributed by atoms with E-state index in [2.05, 4.69) is 13.8 Å². The summed E-state index contributed by atoms with van der Waals surface area (Å²) in [6.45, 7) is 6.14. The minimum absolute atomic E-state index is 0.0597. The van der Waals surface area contributed by atoms with Crippen molar-refractivity contribution in [1.82, 2.24) is 0 Å². The molecule has 140 valence electrons. The van der Waals surface area contributed by atoms with Gasteiger partial charge in [-0.2, -0.15) is 0 Å². The van der Waals surface area contributed by atoms with E-state index in [9.17, 15) is 9.59 Å². The number of fused-ring (bicyclic) bond motifs is 2. The summed E-state index contributed by atoms with van der Waals surface area (Å²) in [4.78, 5) is 26.2. The molecule has 1 unspecified atom stereocenters. The molecule has 4 rings (SSSR count). The van der Waals surface area contributed by atoms with E-state index in [1.165, 1.54) is 0 Å². The highest BCUT2D eigenvalue weighted by Gasteiger charge is 2.69. The van der Waals surface area contributed by atoms with Gasteiger partial charge in [0.05, 0.1) is 0 Å². The van der Waals surface area contributed by atoms with Gasteiger partial charge in [0.1, 0.15) is 5.41 Å². The number of carbonyl (C=O) groups excluding carboxylic acids is 2. The minimum atomic E-state index is -0.991. The fraction of sp³-hybridized carbons (Fsp3) is 0.417. The molecule has 0 radical (unpaired) electrons. The number of hydrogen-bond donors (Lipinski definition) is 0. The SMILES string of the molecule is Cc1ccc([C@@H](OC(=O)[C@]23CCC(CC2=O)C3(C)C)c2ccccc2)cc1. The van der Waals surface area contributed by atoms with Crippen LogP contribution in [0.4, 0.5) is 0 Å². The lowest BCUT2D eigenvalue weighted by Gasteiger charge is -2.35. The zero-order valence-corrected chi connectivity index (χ0v) is 16.2. The van der Waals surface area contributed by atoms with E-state index >= 15 is 0 Å². The molecule has 2 fully saturated rings. The van der Waals surface area contributed by atoms with Crippen LogP contribution in [-0.4, -0.2) is 11.8 Å². The van der Waals surface area contributed by atoms with Gasteiger partial charge in [0.2, 0.25) is 0 Å². The van der Waals surface area contributed by atoms with Crippen molar-refractivity contribution in [3.63, 3.8) is 0 Å². The van der Waals surface area contributed by atoms with Crippen molar-refractivity contribution >= 4 is 11.8 Å². The number of carbonyl (C=O) groups is 2. The molecule has 2 aliphatic carbocycles. The Labute approximate surface area is 160 Å². The first-order valence-electron chi connectivity index (χ1n) is 9.72. The van der Waals surface area contributed by atoms with Gasteiger partial charge in [0.15, 0.2) is 11.9 Å². The van der Waals surface area contributed by atoms with Gasteiger partial charge in [-0.25, -0.2) is 0 Å². The smallest absolute Gasteiger partial charge is 0.321 e. The number of benzene rings is 2. The van der Waals surface area contributed by atoms with E-state index in [0.717, 1.165) is 23.1 Å². The fourth-order valence-electron chi connectivity index (χ4n) is 5.06. The van der Waals surface area contributed by atoms with Gasteiger partial charge in [-0.3, -0.25) is 9.59 Å². The van der Waals surface area contributed by atoms with Gasteiger partial charge in [-0.15, -0.1) is 0 Å². The molecule has 3 atom stereocenters. The van der Waals surface area contributed by atoms with Crippen LogP contribution in [0.15, 0.2) is 54.6 Å². The average Bonchev–Trinajstić information content (AvgIpc) is 3.03. The summed E-state index contributed by atoms with van der Waals surface area (Å²) in [7, 11) is 0. The molecule has 0 amide bonds. The predicted molar refractivity (Wildman–Crippen MR) is 104 cm³/mol. The number of ketones is 1. The van der Waals surface area contributed by atoms with Crippen molar-refractivity contribution in [2.75, 3.05) is 0 Å². The first-order chi connectivity index (χ1) is 12.9. The van der Waals surface area contributed by atoms with E-state index in [1.54, 1.807) is 0 Å². The summed E-state index contributed by atoms with van der Waals surface area (Å²) in [5, 5.41) is 0. The van der Waals surface area contributed by atoms with Gasteiger partial charge in [0, 0.05) is 6.42 Å². The number of aryl methyl sites for hydroxylation is 1. The third-order valence-corrected chi connectivity index (χ3v) is 6.95. The Morgan fingerprint density at radius 1 is 1.04 bits per heavy atom. The zero-order valence-electron chi connectivity index (χ0n) is 16.2. The molecule has 3 heteroatoms.